The molecular formula is C22H21N3O9. The molecule has 0 radical (unpaired) electrons. The summed E-state index contributed by atoms with van der Waals surface area (Å²) in [6.45, 7) is 3.22. The first-order chi connectivity index (χ1) is 16.4. The molecule has 0 spiro atoms. The molecule has 4 atom stereocenters. The Kier molecular flexibility index (Phi) is 6.70. The Morgan fingerprint density at radius 3 is 2.44 bits per heavy atom. The van der Waals surface area contributed by atoms with E-state index in [0.717, 1.165) is 4.57 Å². The van der Waals surface area contributed by atoms with E-state index in [2.05, 4.69) is 11.6 Å². The van der Waals surface area contributed by atoms with Gasteiger partial charge in [-0.15, -0.1) is 6.58 Å². The van der Waals surface area contributed by atoms with Crippen molar-refractivity contribution in [1.82, 2.24) is 9.55 Å². The zero-order valence-corrected chi connectivity index (χ0v) is 17.8. The number of carbonyl (C=O) groups excluding carboxylic acids is 3. The van der Waals surface area contributed by atoms with Crippen LogP contribution in [-0.2, 0) is 23.7 Å². The summed E-state index contributed by atoms with van der Waals surface area (Å²) in [6, 6.07) is 7.26. The van der Waals surface area contributed by atoms with Gasteiger partial charge in [0.1, 0.15) is 12.7 Å². The maximum Gasteiger partial charge on any atom is 0.351 e. The molecule has 0 amide bonds. The van der Waals surface area contributed by atoms with Crippen LogP contribution in [0.5, 0.6) is 0 Å². The van der Waals surface area contributed by atoms with Gasteiger partial charge >= 0.3 is 23.6 Å². The van der Waals surface area contributed by atoms with E-state index >= 15 is 0 Å². The van der Waals surface area contributed by atoms with Gasteiger partial charge in [-0.2, -0.15) is 4.98 Å². The number of aromatic nitrogens is 2. The van der Waals surface area contributed by atoms with Gasteiger partial charge in [0.2, 0.25) is 0 Å². The van der Waals surface area contributed by atoms with Crippen molar-refractivity contribution in [2.45, 2.75) is 37.4 Å². The predicted molar refractivity (Wildman–Crippen MR) is 113 cm³/mol. The van der Waals surface area contributed by atoms with Gasteiger partial charge in [0.05, 0.1) is 11.1 Å². The van der Waals surface area contributed by atoms with Crippen LogP contribution in [-0.4, -0.2) is 57.6 Å². The number of allylic oxidation sites excluding steroid dienone is 1. The van der Waals surface area contributed by atoms with Gasteiger partial charge < -0.3 is 18.9 Å². The van der Waals surface area contributed by atoms with Crippen molar-refractivity contribution >= 4 is 23.7 Å². The van der Waals surface area contributed by atoms with Crippen LogP contribution in [0.15, 0.2) is 54.0 Å². The third kappa shape index (κ3) is 4.54. The molecule has 12 heteroatoms. The highest BCUT2D eigenvalue weighted by molar-refractivity contribution is 6.03. The van der Waals surface area contributed by atoms with E-state index in [1.165, 1.54) is 24.4 Å². The number of ether oxygens (including phenoxy) is 4. The summed E-state index contributed by atoms with van der Waals surface area (Å²) < 4.78 is 23.4. The number of nitrogens with one attached hydrogen (secondary N) is 1. The Labute approximate surface area is 192 Å². The molecule has 1 saturated heterocycles. The first-order valence-electron chi connectivity index (χ1n) is 10.3. The second-order valence-corrected chi connectivity index (χ2v) is 7.48. The lowest BCUT2D eigenvalue weighted by Gasteiger charge is -2.27. The fraction of sp³-hybridized carbons (Fsp3) is 0.318. The van der Waals surface area contributed by atoms with Gasteiger partial charge in [-0.3, -0.25) is 20.0 Å². The van der Waals surface area contributed by atoms with Crippen LogP contribution < -0.4 is 11.2 Å². The minimum absolute atomic E-state index is 0.00527. The van der Waals surface area contributed by atoms with Gasteiger partial charge in [-0.05, 0) is 24.6 Å². The summed E-state index contributed by atoms with van der Waals surface area (Å²) in [7, 11) is 0. The normalized spacial score (nSPS) is 23.4. The van der Waals surface area contributed by atoms with Crippen LogP contribution in [0.4, 0.5) is 5.82 Å². The lowest BCUT2D eigenvalue weighted by atomic mass is 10.0. The number of anilines is 1. The third-order valence-electron chi connectivity index (χ3n) is 5.32. The first kappa shape index (κ1) is 23.1. The van der Waals surface area contributed by atoms with Gasteiger partial charge in [0, 0.05) is 12.6 Å². The van der Waals surface area contributed by atoms with Crippen LogP contribution in [0.2, 0.25) is 0 Å². The van der Waals surface area contributed by atoms with Gasteiger partial charge in [-0.25, -0.2) is 14.4 Å². The molecule has 12 nitrogen and oxygen atoms in total. The fourth-order valence-corrected chi connectivity index (χ4v) is 3.68. The summed E-state index contributed by atoms with van der Waals surface area (Å²) in [4.78, 5) is 53.9. The van der Waals surface area contributed by atoms with E-state index in [0.29, 0.717) is 6.42 Å². The van der Waals surface area contributed by atoms with Crippen molar-refractivity contribution in [2.75, 3.05) is 12.1 Å². The van der Waals surface area contributed by atoms with Crippen molar-refractivity contribution in [3.05, 3.63) is 70.8 Å². The third-order valence-corrected chi connectivity index (χ3v) is 5.32. The van der Waals surface area contributed by atoms with Crippen molar-refractivity contribution in [3.8, 4) is 0 Å². The minimum Gasteiger partial charge on any atom is -0.463 e. The van der Waals surface area contributed by atoms with Crippen molar-refractivity contribution < 1.29 is 38.5 Å². The zero-order valence-electron chi connectivity index (χ0n) is 17.8. The summed E-state index contributed by atoms with van der Waals surface area (Å²) in [5.74, 6) is -2.24. The molecule has 178 valence electrons. The Hall–Kier alpha value is -4.03. The molecule has 3 heterocycles. The second kappa shape index (κ2) is 9.85. The number of rotatable bonds is 7. The zero-order chi connectivity index (χ0) is 24.2. The highest BCUT2D eigenvalue weighted by Gasteiger charge is 2.52. The maximum absolute atomic E-state index is 12.9. The molecule has 2 N–H and O–H groups in total. The van der Waals surface area contributed by atoms with Crippen LogP contribution in [0.1, 0.15) is 39.8 Å². The van der Waals surface area contributed by atoms with E-state index in [1.54, 1.807) is 23.7 Å². The number of nitrogens with zero attached hydrogens (tertiary/aromatic N) is 2. The number of hydrogen-bond donors (Lipinski definition) is 2. The van der Waals surface area contributed by atoms with Gasteiger partial charge in [0.15, 0.2) is 24.3 Å². The first-order valence-corrected chi connectivity index (χ1v) is 10.3. The van der Waals surface area contributed by atoms with E-state index in [-0.39, 0.29) is 30.0 Å². The average molecular weight is 471 g/mol. The Balaban J connectivity index is 1.68. The molecule has 34 heavy (non-hydrogen) atoms. The molecule has 0 bridgehead atoms. The summed E-state index contributed by atoms with van der Waals surface area (Å²) in [5, 5.41) is 8.98. The molecule has 4 rings (SSSR count). The molecule has 2 aromatic rings. The lowest BCUT2D eigenvalue weighted by molar-refractivity contribution is -0.150. The highest BCUT2D eigenvalue weighted by Crippen LogP contribution is 2.36. The van der Waals surface area contributed by atoms with Crippen molar-refractivity contribution in [2.24, 2.45) is 0 Å². The molecule has 1 fully saturated rings. The predicted octanol–water partition coefficient (Wildman–Crippen LogP) is 1.22. The van der Waals surface area contributed by atoms with Gasteiger partial charge in [0.25, 0.3) is 0 Å². The molecule has 2 aliphatic heterocycles. The van der Waals surface area contributed by atoms with Gasteiger partial charge in [-0.1, -0.05) is 18.2 Å². The molecule has 0 unspecified atom stereocenters. The molecule has 1 aromatic heterocycles. The number of benzene rings is 1. The molecule has 0 saturated carbocycles. The summed E-state index contributed by atoms with van der Waals surface area (Å²) in [6.07, 6.45) is -1.42. The number of hydrogen-bond acceptors (Lipinski definition) is 11. The molecule has 2 aliphatic rings. The van der Waals surface area contributed by atoms with E-state index in [4.69, 9.17) is 24.2 Å². The molecule has 0 aliphatic carbocycles. The van der Waals surface area contributed by atoms with E-state index in [1.807, 2.05) is 0 Å². The second-order valence-electron chi connectivity index (χ2n) is 7.48. The summed E-state index contributed by atoms with van der Waals surface area (Å²) in [5.41, 5.74) is 0.923. The van der Waals surface area contributed by atoms with Crippen LogP contribution in [0.3, 0.4) is 0 Å². The van der Waals surface area contributed by atoms with Crippen LogP contribution in [0.25, 0.3) is 0 Å². The Bertz CT molecular complexity index is 1180. The standard InChI is InChI=1S/C22H21N3O9/c1-2-3-8-16(26)31-11-14-17-18(19(32-14)25-10-9-15(24-30)23-22(25)29)34-21(28)13-7-5-4-6-12(13)20(27)33-17/h2,4-7,9-10,14,17-19,30H,1,3,8,11H2,(H,23,24,29)/t14-,17-,18-,19-/m1/s1. The lowest BCUT2D eigenvalue weighted by Crippen LogP contribution is -2.44. The summed E-state index contributed by atoms with van der Waals surface area (Å²) >= 11 is 0. The number of esters is 3. The average Bonchev–Trinajstić information content (AvgIpc) is 3.16. The Morgan fingerprint density at radius 1 is 1.15 bits per heavy atom. The molecular weight excluding hydrogens is 450 g/mol. The topological polar surface area (TPSA) is 155 Å². The van der Waals surface area contributed by atoms with E-state index < -0.39 is 48.1 Å². The van der Waals surface area contributed by atoms with Crippen molar-refractivity contribution in [1.29, 1.82) is 0 Å². The molecule has 1 aromatic carbocycles. The monoisotopic (exact) mass is 471 g/mol. The van der Waals surface area contributed by atoms with E-state index in [9.17, 15) is 19.2 Å². The highest BCUT2D eigenvalue weighted by atomic mass is 16.7. The largest absolute Gasteiger partial charge is 0.463 e. The van der Waals surface area contributed by atoms with Crippen LogP contribution in [0, 0.1) is 0 Å². The maximum atomic E-state index is 12.9. The van der Waals surface area contributed by atoms with Crippen LogP contribution >= 0.6 is 0 Å². The number of carbonyl (C=O) groups is 3. The quantitative estimate of drug-likeness (QED) is 0.259. The van der Waals surface area contributed by atoms with Crippen molar-refractivity contribution in [3.63, 3.8) is 0 Å². The fourth-order valence-electron chi connectivity index (χ4n) is 3.68. The number of fused-ring (bicyclic) bond motifs is 2. The SMILES string of the molecule is C=CCCC(=O)OC[C@H]1O[C@@H](n2ccc(NO)nc2=O)[C@@H]2OC(=O)c3ccccc3C(=O)O[C@@H]21. The minimum atomic E-state index is -1.26. The smallest absolute Gasteiger partial charge is 0.351 e. The Morgan fingerprint density at radius 2 is 1.82 bits per heavy atom.